The number of Topliss-reactive ketones (excluding diaryl/α,β-unsaturated/α-hetero) is 1. The molecular formula is C15H18N2O2. The van der Waals surface area contributed by atoms with Crippen molar-refractivity contribution in [3.05, 3.63) is 30.6 Å². The SMILES string of the molecule is O=C(CCC1CCCO1)Cn1cnc2ccccc21. The molecule has 100 valence electrons. The number of ether oxygens (including phenoxy) is 1. The molecule has 3 rings (SSSR count). The molecule has 0 bridgehead atoms. The first-order valence-electron chi connectivity index (χ1n) is 6.86. The van der Waals surface area contributed by atoms with Crippen LogP contribution >= 0.6 is 0 Å². The van der Waals surface area contributed by atoms with Gasteiger partial charge < -0.3 is 9.30 Å². The smallest absolute Gasteiger partial charge is 0.152 e. The van der Waals surface area contributed by atoms with E-state index in [-0.39, 0.29) is 5.78 Å². The van der Waals surface area contributed by atoms with E-state index < -0.39 is 0 Å². The molecule has 19 heavy (non-hydrogen) atoms. The Hall–Kier alpha value is -1.68. The van der Waals surface area contributed by atoms with Gasteiger partial charge in [0.1, 0.15) is 0 Å². The maximum atomic E-state index is 12.0. The van der Waals surface area contributed by atoms with E-state index in [0.29, 0.717) is 19.1 Å². The van der Waals surface area contributed by atoms with Gasteiger partial charge in [0.25, 0.3) is 0 Å². The van der Waals surface area contributed by atoms with Crippen molar-refractivity contribution in [2.75, 3.05) is 6.61 Å². The van der Waals surface area contributed by atoms with Gasteiger partial charge in [0.05, 0.1) is 30.0 Å². The van der Waals surface area contributed by atoms with Crippen molar-refractivity contribution >= 4 is 16.8 Å². The molecular weight excluding hydrogens is 240 g/mol. The number of hydrogen-bond acceptors (Lipinski definition) is 3. The molecule has 4 heteroatoms. The van der Waals surface area contributed by atoms with Crippen LogP contribution in [0, 0.1) is 0 Å². The lowest BCUT2D eigenvalue weighted by atomic mass is 10.1. The maximum absolute atomic E-state index is 12.0. The van der Waals surface area contributed by atoms with Gasteiger partial charge in [0, 0.05) is 13.0 Å². The summed E-state index contributed by atoms with van der Waals surface area (Å²) in [5, 5.41) is 0. The standard InChI is InChI=1S/C15H18N2O2/c18-12(7-8-13-4-3-9-19-13)10-17-11-16-14-5-1-2-6-15(14)17/h1-2,5-6,11,13H,3-4,7-10H2. The fraction of sp³-hybridized carbons (Fsp3) is 0.467. The monoisotopic (exact) mass is 258 g/mol. The molecule has 1 aromatic heterocycles. The van der Waals surface area contributed by atoms with Crippen LogP contribution < -0.4 is 0 Å². The zero-order chi connectivity index (χ0) is 13.1. The second kappa shape index (κ2) is 5.53. The van der Waals surface area contributed by atoms with Crippen molar-refractivity contribution in [2.24, 2.45) is 0 Å². The van der Waals surface area contributed by atoms with Crippen molar-refractivity contribution in [3.8, 4) is 0 Å². The lowest BCUT2D eigenvalue weighted by molar-refractivity contribution is -0.120. The van der Waals surface area contributed by atoms with Gasteiger partial charge in [0.2, 0.25) is 0 Å². The number of rotatable bonds is 5. The second-order valence-corrected chi connectivity index (χ2v) is 5.07. The molecule has 0 spiro atoms. The number of fused-ring (bicyclic) bond motifs is 1. The first-order chi connectivity index (χ1) is 9.33. The Balaban J connectivity index is 1.59. The molecule has 0 aliphatic carbocycles. The number of aromatic nitrogens is 2. The summed E-state index contributed by atoms with van der Waals surface area (Å²) in [7, 11) is 0. The molecule has 1 unspecified atom stereocenters. The lowest BCUT2D eigenvalue weighted by Crippen LogP contribution is -2.13. The Bertz CT molecular complexity index is 570. The van der Waals surface area contributed by atoms with E-state index >= 15 is 0 Å². The minimum atomic E-state index is 0.249. The number of para-hydroxylation sites is 2. The number of carbonyl (C=O) groups excluding carboxylic acids is 1. The van der Waals surface area contributed by atoms with E-state index in [2.05, 4.69) is 4.98 Å². The molecule has 0 radical (unpaired) electrons. The van der Waals surface area contributed by atoms with Gasteiger partial charge in [-0.05, 0) is 31.4 Å². The van der Waals surface area contributed by atoms with Crippen LogP contribution in [-0.2, 0) is 16.1 Å². The maximum Gasteiger partial charge on any atom is 0.152 e. The third-order valence-corrected chi connectivity index (χ3v) is 3.64. The molecule has 1 aromatic carbocycles. The van der Waals surface area contributed by atoms with Gasteiger partial charge in [-0.3, -0.25) is 4.79 Å². The van der Waals surface area contributed by atoms with Gasteiger partial charge in [-0.15, -0.1) is 0 Å². The molecule has 1 saturated heterocycles. The number of benzene rings is 1. The summed E-state index contributed by atoms with van der Waals surface area (Å²) in [6, 6.07) is 7.88. The summed E-state index contributed by atoms with van der Waals surface area (Å²) in [4.78, 5) is 16.3. The fourth-order valence-corrected chi connectivity index (χ4v) is 2.60. The van der Waals surface area contributed by atoms with Gasteiger partial charge >= 0.3 is 0 Å². The van der Waals surface area contributed by atoms with Crippen molar-refractivity contribution < 1.29 is 9.53 Å². The molecule has 1 fully saturated rings. The normalized spacial score (nSPS) is 19.1. The number of imidazole rings is 1. The van der Waals surface area contributed by atoms with Crippen molar-refractivity contribution in [3.63, 3.8) is 0 Å². The highest BCUT2D eigenvalue weighted by Gasteiger charge is 2.17. The van der Waals surface area contributed by atoms with E-state index in [0.717, 1.165) is 36.9 Å². The molecule has 1 aliphatic heterocycles. The van der Waals surface area contributed by atoms with Crippen LogP contribution in [0.4, 0.5) is 0 Å². The summed E-state index contributed by atoms with van der Waals surface area (Å²) >= 11 is 0. The molecule has 2 heterocycles. The molecule has 4 nitrogen and oxygen atoms in total. The van der Waals surface area contributed by atoms with E-state index in [9.17, 15) is 4.79 Å². The van der Waals surface area contributed by atoms with Gasteiger partial charge in [0.15, 0.2) is 5.78 Å². The van der Waals surface area contributed by atoms with E-state index in [1.807, 2.05) is 28.8 Å². The summed E-state index contributed by atoms with van der Waals surface area (Å²) in [5.41, 5.74) is 1.96. The van der Waals surface area contributed by atoms with Crippen LogP contribution in [0.25, 0.3) is 11.0 Å². The highest BCUT2D eigenvalue weighted by molar-refractivity contribution is 5.81. The number of carbonyl (C=O) groups is 1. The third kappa shape index (κ3) is 2.84. The lowest BCUT2D eigenvalue weighted by Gasteiger charge is -2.08. The largest absolute Gasteiger partial charge is 0.378 e. The van der Waals surface area contributed by atoms with Gasteiger partial charge in [-0.1, -0.05) is 12.1 Å². The van der Waals surface area contributed by atoms with E-state index in [1.54, 1.807) is 6.33 Å². The molecule has 1 aliphatic rings. The molecule has 0 N–H and O–H groups in total. The zero-order valence-corrected chi connectivity index (χ0v) is 10.9. The first-order valence-corrected chi connectivity index (χ1v) is 6.86. The Kier molecular flexibility index (Phi) is 3.60. The fourth-order valence-electron chi connectivity index (χ4n) is 2.60. The van der Waals surface area contributed by atoms with Crippen LogP contribution in [-0.4, -0.2) is 28.0 Å². The van der Waals surface area contributed by atoms with E-state index in [1.165, 1.54) is 0 Å². The number of ketones is 1. The molecule has 1 atom stereocenters. The average Bonchev–Trinajstić information content (AvgIpc) is 3.07. The predicted octanol–water partition coefficient (Wildman–Crippen LogP) is 2.56. The Morgan fingerprint density at radius 2 is 2.32 bits per heavy atom. The van der Waals surface area contributed by atoms with Crippen LogP contribution in [0.1, 0.15) is 25.7 Å². The van der Waals surface area contributed by atoms with Gasteiger partial charge in [-0.2, -0.15) is 0 Å². The Morgan fingerprint density at radius 3 is 3.16 bits per heavy atom. The highest BCUT2D eigenvalue weighted by Crippen LogP contribution is 2.17. The van der Waals surface area contributed by atoms with E-state index in [4.69, 9.17) is 4.74 Å². The predicted molar refractivity (Wildman–Crippen MR) is 72.9 cm³/mol. The van der Waals surface area contributed by atoms with Crippen molar-refractivity contribution in [2.45, 2.75) is 38.3 Å². The Labute approximate surface area is 112 Å². The third-order valence-electron chi connectivity index (χ3n) is 3.64. The molecule has 2 aromatic rings. The van der Waals surface area contributed by atoms with Crippen molar-refractivity contribution in [1.29, 1.82) is 0 Å². The van der Waals surface area contributed by atoms with Crippen LogP contribution in [0.15, 0.2) is 30.6 Å². The average molecular weight is 258 g/mol. The minimum Gasteiger partial charge on any atom is -0.378 e. The minimum absolute atomic E-state index is 0.249. The zero-order valence-electron chi connectivity index (χ0n) is 10.9. The summed E-state index contributed by atoms with van der Waals surface area (Å²) in [6.07, 6.45) is 5.72. The van der Waals surface area contributed by atoms with Crippen LogP contribution in [0.3, 0.4) is 0 Å². The summed E-state index contributed by atoms with van der Waals surface area (Å²) in [5.74, 6) is 0.249. The van der Waals surface area contributed by atoms with Crippen molar-refractivity contribution in [1.82, 2.24) is 9.55 Å². The first kappa shape index (κ1) is 12.4. The van der Waals surface area contributed by atoms with Gasteiger partial charge in [-0.25, -0.2) is 4.98 Å². The van der Waals surface area contributed by atoms with Crippen LogP contribution in [0.5, 0.6) is 0 Å². The summed E-state index contributed by atoms with van der Waals surface area (Å²) in [6.45, 7) is 1.26. The Morgan fingerprint density at radius 1 is 1.42 bits per heavy atom. The number of nitrogens with zero attached hydrogens (tertiary/aromatic N) is 2. The number of hydrogen-bond donors (Lipinski definition) is 0. The van der Waals surface area contributed by atoms with Crippen LogP contribution in [0.2, 0.25) is 0 Å². The molecule has 0 amide bonds. The molecule has 0 saturated carbocycles. The summed E-state index contributed by atoms with van der Waals surface area (Å²) < 4.78 is 7.46. The topological polar surface area (TPSA) is 44.1 Å². The highest BCUT2D eigenvalue weighted by atomic mass is 16.5. The second-order valence-electron chi connectivity index (χ2n) is 5.07. The quantitative estimate of drug-likeness (QED) is 0.828.